The van der Waals surface area contributed by atoms with Crippen molar-refractivity contribution in [2.45, 2.75) is 39.4 Å². The fourth-order valence-corrected chi connectivity index (χ4v) is 1.52. The number of alkyl halides is 3. The highest BCUT2D eigenvalue weighted by Gasteiger charge is 2.30. The van der Waals surface area contributed by atoms with Crippen LogP contribution in [0.25, 0.3) is 5.57 Å². The first-order valence-electron chi connectivity index (χ1n) is 6.17. The van der Waals surface area contributed by atoms with Crippen LogP contribution in [-0.2, 0) is 11.0 Å². The molecular weight excluding hydrogens is 267 g/mol. The minimum atomic E-state index is -4.37. The van der Waals surface area contributed by atoms with Crippen molar-refractivity contribution < 1.29 is 18.0 Å². The molecule has 0 aromatic heterocycles. The maximum atomic E-state index is 12.5. The van der Waals surface area contributed by atoms with Gasteiger partial charge in [-0.3, -0.25) is 4.79 Å². The van der Waals surface area contributed by atoms with Crippen molar-refractivity contribution in [3.05, 3.63) is 41.6 Å². The van der Waals surface area contributed by atoms with Crippen LogP contribution in [0.1, 0.15) is 38.8 Å². The van der Waals surface area contributed by atoms with E-state index in [1.54, 1.807) is 6.20 Å². The average molecular weight is 285 g/mol. The van der Waals surface area contributed by atoms with Crippen LogP contribution < -0.4 is 5.32 Å². The maximum absolute atomic E-state index is 12.5. The molecule has 1 aromatic carbocycles. The topological polar surface area (TPSA) is 29.1 Å². The Morgan fingerprint density at radius 2 is 1.60 bits per heavy atom. The molecule has 1 N–H and O–H groups in total. The number of allylic oxidation sites excluding steroid dienone is 1. The summed E-state index contributed by atoms with van der Waals surface area (Å²) in [6.07, 6.45) is -2.83. The summed E-state index contributed by atoms with van der Waals surface area (Å²) < 4.78 is 37.5. The predicted octanol–water partition coefficient (Wildman–Crippen LogP) is 4.02. The van der Waals surface area contributed by atoms with Crippen molar-refractivity contribution in [3.8, 4) is 0 Å². The van der Waals surface area contributed by atoms with E-state index in [1.165, 1.54) is 19.1 Å². The largest absolute Gasteiger partial charge is 0.416 e. The number of nitrogens with one attached hydrogen (secondary N) is 1. The molecule has 0 heterocycles. The summed E-state index contributed by atoms with van der Waals surface area (Å²) in [5, 5.41) is 3.04. The van der Waals surface area contributed by atoms with Gasteiger partial charge in [-0.1, -0.05) is 12.1 Å². The predicted molar refractivity (Wildman–Crippen MR) is 73.0 cm³/mol. The highest BCUT2D eigenvalue weighted by atomic mass is 19.4. The summed E-state index contributed by atoms with van der Waals surface area (Å²) >= 11 is 0. The normalized spacial score (nSPS) is 13.2. The van der Waals surface area contributed by atoms with Gasteiger partial charge in [0, 0.05) is 17.3 Å². The van der Waals surface area contributed by atoms with E-state index >= 15 is 0 Å². The zero-order chi connectivity index (χ0) is 15.6. The lowest BCUT2D eigenvalue weighted by atomic mass is 10.0. The first-order chi connectivity index (χ1) is 9.00. The molecule has 2 nitrogen and oxygen atoms in total. The number of halogens is 3. The molecule has 0 saturated carbocycles. The zero-order valence-electron chi connectivity index (χ0n) is 11.9. The molecule has 0 radical (unpaired) electrons. The molecular formula is C15H18F3NO. The van der Waals surface area contributed by atoms with Crippen LogP contribution in [-0.4, -0.2) is 11.3 Å². The number of Topliss-reactive ketones (excluding diaryl/α,β-unsaturated/α-hetero) is 1. The van der Waals surface area contributed by atoms with Crippen molar-refractivity contribution in [2.24, 2.45) is 0 Å². The molecule has 0 bridgehead atoms. The lowest BCUT2D eigenvalue weighted by molar-refractivity contribution is -0.137. The van der Waals surface area contributed by atoms with Crippen molar-refractivity contribution in [3.63, 3.8) is 0 Å². The van der Waals surface area contributed by atoms with Gasteiger partial charge in [-0.2, -0.15) is 13.2 Å². The molecule has 0 fully saturated rings. The maximum Gasteiger partial charge on any atom is 0.416 e. The van der Waals surface area contributed by atoms with E-state index in [-0.39, 0.29) is 11.3 Å². The monoisotopic (exact) mass is 285 g/mol. The summed E-state index contributed by atoms with van der Waals surface area (Å²) in [4.78, 5) is 11.6. The Morgan fingerprint density at radius 1 is 1.10 bits per heavy atom. The first kappa shape index (κ1) is 16.3. The van der Waals surface area contributed by atoms with Crippen LogP contribution in [0.5, 0.6) is 0 Å². The average Bonchev–Trinajstić information content (AvgIpc) is 2.26. The van der Waals surface area contributed by atoms with Gasteiger partial charge in [-0.15, -0.1) is 0 Å². The molecule has 0 unspecified atom stereocenters. The third-order valence-corrected chi connectivity index (χ3v) is 2.55. The number of carbonyl (C=O) groups excluding carboxylic acids is 1. The molecule has 0 aliphatic carbocycles. The zero-order valence-corrected chi connectivity index (χ0v) is 11.9. The number of rotatable bonds is 3. The third-order valence-electron chi connectivity index (χ3n) is 2.55. The fourth-order valence-electron chi connectivity index (χ4n) is 1.52. The van der Waals surface area contributed by atoms with Crippen molar-refractivity contribution in [2.75, 3.05) is 0 Å². The minimum absolute atomic E-state index is 0.207. The Kier molecular flexibility index (Phi) is 4.63. The van der Waals surface area contributed by atoms with Crippen molar-refractivity contribution in [1.82, 2.24) is 5.32 Å². The molecule has 0 saturated heterocycles. The molecule has 0 amide bonds. The Hall–Kier alpha value is -1.78. The molecule has 0 atom stereocenters. The van der Waals surface area contributed by atoms with Crippen LogP contribution >= 0.6 is 0 Å². The molecule has 5 heteroatoms. The summed E-state index contributed by atoms with van der Waals surface area (Å²) in [7, 11) is 0. The van der Waals surface area contributed by atoms with Crippen LogP contribution in [0.4, 0.5) is 13.2 Å². The second-order valence-corrected chi connectivity index (χ2v) is 5.58. The van der Waals surface area contributed by atoms with E-state index in [0.29, 0.717) is 11.1 Å². The summed E-state index contributed by atoms with van der Waals surface area (Å²) in [5.74, 6) is -0.207. The summed E-state index contributed by atoms with van der Waals surface area (Å²) in [6.45, 7) is 7.16. The number of benzene rings is 1. The SMILES string of the molecule is CC(=O)/C(=C\NC(C)(C)C)c1ccc(C(F)(F)F)cc1. The molecule has 110 valence electrons. The van der Waals surface area contributed by atoms with Gasteiger partial charge in [0.15, 0.2) is 5.78 Å². The van der Waals surface area contributed by atoms with Crippen molar-refractivity contribution >= 4 is 11.4 Å². The molecule has 1 aromatic rings. The minimum Gasteiger partial charge on any atom is -0.386 e. The van der Waals surface area contributed by atoms with E-state index < -0.39 is 11.7 Å². The Balaban J connectivity index is 3.08. The second-order valence-electron chi connectivity index (χ2n) is 5.58. The Bertz CT molecular complexity index is 507. The highest BCUT2D eigenvalue weighted by molar-refractivity contribution is 6.19. The van der Waals surface area contributed by atoms with Crippen LogP contribution in [0.3, 0.4) is 0 Å². The lowest BCUT2D eigenvalue weighted by Gasteiger charge is -2.20. The van der Waals surface area contributed by atoms with E-state index in [1.807, 2.05) is 20.8 Å². The van der Waals surface area contributed by atoms with Gasteiger partial charge in [0.05, 0.1) is 5.56 Å². The van der Waals surface area contributed by atoms with Crippen molar-refractivity contribution in [1.29, 1.82) is 0 Å². The molecule has 0 aliphatic rings. The number of hydrogen-bond acceptors (Lipinski definition) is 2. The van der Waals surface area contributed by atoms with E-state index in [2.05, 4.69) is 5.32 Å². The molecule has 0 aliphatic heterocycles. The number of hydrogen-bond donors (Lipinski definition) is 1. The van der Waals surface area contributed by atoms with Crippen LogP contribution in [0.2, 0.25) is 0 Å². The van der Waals surface area contributed by atoms with Crippen LogP contribution in [0, 0.1) is 0 Å². The Morgan fingerprint density at radius 3 is 1.95 bits per heavy atom. The number of ketones is 1. The first-order valence-corrected chi connectivity index (χ1v) is 6.17. The van der Waals surface area contributed by atoms with Gasteiger partial charge in [0.1, 0.15) is 0 Å². The standard InChI is InChI=1S/C15H18F3NO/c1-10(20)13(9-19-14(2,3)4)11-5-7-12(8-6-11)15(16,17)18/h5-9,19H,1-4H3/b13-9+. The molecule has 0 spiro atoms. The van der Waals surface area contributed by atoms with Gasteiger partial charge in [0.2, 0.25) is 0 Å². The summed E-state index contributed by atoms with van der Waals surface area (Å²) in [6, 6.07) is 4.56. The highest BCUT2D eigenvalue weighted by Crippen LogP contribution is 2.30. The smallest absolute Gasteiger partial charge is 0.386 e. The van der Waals surface area contributed by atoms with Gasteiger partial charge < -0.3 is 5.32 Å². The fraction of sp³-hybridized carbons (Fsp3) is 0.400. The van der Waals surface area contributed by atoms with E-state index in [4.69, 9.17) is 0 Å². The van der Waals surface area contributed by atoms with Gasteiger partial charge >= 0.3 is 6.18 Å². The quantitative estimate of drug-likeness (QED) is 0.850. The second kappa shape index (κ2) is 5.69. The van der Waals surface area contributed by atoms with Crippen LogP contribution in [0.15, 0.2) is 30.5 Å². The van der Waals surface area contributed by atoms with Gasteiger partial charge in [0.25, 0.3) is 0 Å². The Labute approximate surface area is 116 Å². The third kappa shape index (κ3) is 4.72. The number of carbonyl (C=O) groups is 1. The molecule has 1 rings (SSSR count). The van der Waals surface area contributed by atoms with Gasteiger partial charge in [-0.05, 0) is 45.4 Å². The van der Waals surface area contributed by atoms with E-state index in [0.717, 1.165) is 12.1 Å². The molecule has 20 heavy (non-hydrogen) atoms. The summed E-state index contributed by atoms with van der Waals surface area (Å²) in [5.41, 5.74) is -0.143. The van der Waals surface area contributed by atoms with E-state index in [9.17, 15) is 18.0 Å². The lowest BCUT2D eigenvalue weighted by Crippen LogP contribution is -2.31. The van der Waals surface area contributed by atoms with Gasteiger partial charge in [-0.25, -0.2) is 0 Å².